The average molecular weight is 421 g/mol. The van der Waals surface area contributed by atoms with Crippen LogP contribution in [0.3, 0.4) is 0 Å². The quantitative estimate of drug-likeness (QED) is 0.627. The van der Waals surface area contributed by atoms with Crippen LogP contribution in [0.15, 0.2) is 66.7 Å². The number of ketones is 1. The lowest BCUT2D eigenvalue weighted by Crippen LogP contribution is -2.26. The van der Waals surface area contributed by atoms with Crippen LogP contribution in [0.1, 0.15) is 40.2 Å². The SMILES string of the molecule is O=C1CCc2cc(C#CCNC(=O)OCC3c4ccccc4-c4ccccc43)ccc2C1. The molecule has 0 aromatic heterocycles. The number of fused-ring (bicyclic) bond motifs is 4. The Balaban J connectivity index is 1.17. The Morgan fingerprint density at radius 1 is 0.938 bits per heavy atom. The fourth-order valence-corrected chi connectivity index (χ4v) is 4.60. The number of carbonyl (C=O) groups is 2. The van der Waals surface area contributed by atoms with E-state index in [1.165, 1.54) is 27.8 Å². The molecule has 3 aromatic carbocycles. The zero-order valence-corrected chi connectivity index (χ0v) is 17.7. The fraction of sp³-hybridized carbons (Fsp3) is 0.214. The summed E-state index contributed by atoms with van der Waals surface area (Å²) in [6.45, 7) is 0.503. The van der Waals surface area contributed by atoms with Gasteiger partial charge in [-0.3, -0.25) is 4.79 Å². The van der Waals surface area contributed by atoms with Gasteiger partial charge in [0.15, 0.2) is 0 Å². The predicted molar refractivity (Wildman–Crippen MR) is 123 cm³/mol. The third kappa shape index (κ3) is 4.02. The van der Waals surface area contributed by atoms with Crippen LogP contribution in [-0.4, -0.2) is 25.0 Å². The molecule has 0 saturated carbocycles. The Morgan fingerprint density at radius 2 is 1.66 bits per heavy atom. The summed E-state index contributed by atoms with van der Waals surface area (Å²) >= 11 is 0. The Morgan fingerprint density at radius 3 is 2.41 bits per heavy atom. The van der Waals surface area contributed by atoms with Crippen molar-refractivity contribution in [2.75, 3.05) is 13.2 Å². The summed E-state index contributed by atoms with van der Waals surface area (Å²) < 4.78 is 5.53. The van der Waals surface area contributed by atoms with E-state index in [1.807, 2.05) is 42.5 Å². The van der Waals surface area contributed by atoms with Crippen molar-refractivity contribution in [3.8, 4) is 23.0 Å². The van der Waals surface area contributed by atoms with Gasteiger partial charge in [0.1, 0.15) is 12.4 Å². The van der Waals surface area contributed by atoms with Gasteiger partial charge in [0.2, 0.25) is 0 Å². The Hall–Kier alpha value is -3.84. The lowest BCUT2D eigenvalue weighted by molar-refractivity contribution is -0.118. The van der Waals surface area contributed by atoms with Gasteiger partial charge in [0, 0.05) is 24.3 Å². The molecule has 0 unspecified atom stereocenters. The summed E-state index contributed by atoms with van der Waals surface area (Å²) in [5, 5.41) is 2.71. The number of aryl methyl sites for hydroxylation is 1. The van der Waals surface area contributed by atoms with Crippen LogP contribution >= 0.6 is 0 Å². The predicted octanol–water partition coefficient (Wildman–Crippen LogP) is 4.63. The first-order valence-electron chi connectivity index (χ1n) is 10.9. The largest absolute Gasteiger partial charge is 0.449 e. The highest BCUT2D eigenvalue weighted by molar-refractivity contribution is 5.83. The van der Waals surface area contributed by atoms with Crippen molar-refractivity contribution < 1.29 is 14.3 Å². The summed E-state index contributed by atoms with van der Waals surface area (Å²) in [4.78, 5) is 23.8. The highest BCUT2D eigenvalue weighted by atomic mass is 16.5. The summed E-state index contributed by atoms with van der Waals surface area (Å²) in [6, 6.07) is 22.5. The highest BCUT2D eigenvalue weighted by Crippen LogP contribution is 2.44. The van der Waals surface area contributed by atoms with E-state index in [1.54, 1.807) is 0 Å². The molecule has 2 aliphatic rings. The second-order valence-electron chi connectivity index (χ2n) is 8.18. The van der Waals surface area contributed by atoms with Crippen molar-refractivity contribution in [3.63, 3.8) is 0 Å². The van der Waals surface area contributed by atoms with Crippen LogP contribution in [0, 0.1) is 11.8 Å². The van der Waals surface area contributed by atoms with Gasteiger partial charge in [-0.05, 0) is 51.9 Å². The molecule has 0 saturated heterocycles. The van der Waals surface area contributed by atoms with Crippen molar-refractivity contribution in [2.45, 2.75) is 25.2 Å². The van der Waals surface area contributed by atoms with Gasteiger partial charge in [0.05, 0.1) is 6.54 Å². The van der Waals surface area contributed by atoms with Crippen molar-refractivity contribution in [3.05, 3.63) is 94.5 Å². The minimum Gasteiger partial charge on any atom is -0.449 e. The molecule has 5 rings (SSSR count). The average Bonchev–Trinajstić information content (AvgIpc) is 3.14. The molecule has 4 heteroatoms. The number of Topliss-reactive ketones (excluding diaryl/α,β-unsaturated/α-hetero) is 1. The molecule has 0 aliphatic heterocycles. The monoisotopic (exact) mass is 421 g/mol. The molecule has 0 radical (unpaired) electrons. The summed E-state index contributed by atoms with van der Waals surface area (Å²) in [7, 11) is 0. The maximum absolute atomic E-state index is 12.2. The lowest BCUT2D eigenvalue weighted by atomic mass is 9.90. The normalized spacial score (nSPS) is 13.9. The molecule has 0 bridgehead atoms. The Bertz CT molecular complexity index is 1220. The van der Waals surface area contributed by atoms with Gasteiger partial charge in [-0.25, -0.2) is 4.79 Å². The third-order valence-electron chi connectivity index (χ3n) is 6.16. The number of nitrogens with one attached hydrogen (secondary N) is 1. The third-order valence-corrected chi connectivity index (χ3v) is 6.16. The molecule has 3 aromatic rings. The van der Waals surface area contributed by atoms with Gasteiger partial charge < -0.3 is 10.1 Å². The minimum atomic E-state index is -0.467. The molecule has 4 nitrogen and oxygen atoms in total. The van der Waals surface area contributed by atoms with Gasteiger partial charge >= 0.3 is 6.09 Å². The minimum absolute atomic E-state index is 0.0432. The molecule has 0 atom stereocenters. The summed E-state index contributed by atoms with van der Waals surface area (Å²) in [5.74, 6) is 6.40. The second-order valence-corrected chi connectivity index (χ2v) is 8.18. The first kappa shape index (κ1) is 20.1. The van der Waals surface area contributed by atoms with Gasteiger partial charge in [-0.1, -0.05) is 66.4 Å². The maximum Gasteiger partial charge on any atom is 0.407 e. The van der Waals surface area contributed by atoms with Gasteiger partial charge in [-0.2, -0.15) is 0 Å². The molecule has 0 fully saturated rings. The highest BCUT2D eigenvalue weighted by Gasteiger charge is 2.28. The van der Waals surface area contributed by atoms with E-state index in [0.717, 1.165) is 17.5 Å². The fourth-order valence-electron chi connectivity index (χ4n) is 4.60. The number of hydrogen-bond donors (Lipinski definition) is 1. The van der Waals surface area contributed by atoms with E-state index < -0.39 is 6.09 Å². The number of ether oxygens (including phenoxy) is 1. The number of rotatable bonds is 3. The van der Waals surface area contributed by atoms with E-state index in [0.29, 0.717) is 18.6 Å². The first-order valence-corrected chi connectivity index (χ1v) is 10.9. The maximum atomic E-state index is 12.2. The topological polar surface area (TPSA) is 55.4 Å². The number of alkyl carbamates (subject to hydrolysis) is 1. The Kier molecular flexibility index (Phi) is 5.47. The Labute approximate surface area is 187 Å². The van der Waals surface area contributed by atoms with Crippen molar-refractivity contribution in [2.24, 2.45) is 0 Å². The summed E-state index contributed by atoms with van der Waals surface area (Å²) in [6.07, 6.45) is 1.44. The van der Waals surface area contributed by atoms with E-state index in [-0.39, 0.29) is 19.1 Å². The van der Waals surface area contributed by atoms with Crippen LogP contribution in [0.2, 0.25) is 0 Å². The summed E-state index contributed by atoms with van der Waals surface area (Å²) in [5.41, 5.74) is 7.98. The van der Waals surface area contributed by atoms with Crippen molar-refractivity contribution in [1.82, 2.24) is 5.32 Å². The number of amides is 1. The molecule has 0 heterocycles. The van der Waals surface area contributed by atoms with E-state index in [2.05, 4.69) is 41.4 Å². The van der Waals surface area contributed by atoms with E-state index >= 15 is 0 Å². The van der Waals surface area contributed by atoms with Crippen molar-refractivity contribution >= 4 is 11.9 Å². The van der Waals surface area contributed by atoms with Crippen LogP contribution in [0.25, 0.3) is 11.1 Å². The molecule has 1 amide bonds. The molecule has 0 spiro atoms. The van der Waals surface area contributed by atoms with E-state index in [4.69, 9.17) is 4.74 Å². The van der Waals surface area contributed by atoms with Crippen molar-refractivity contribution in [1.29, 1.82) is 0 Å². The van der Waals surface area contributed by atoms with Gasteiger partial charge in [-0.15, -0.1) is 0 Å². The molecule has 2 aliphatic carbocycles. The van der Waals surface area contributed by atoms with Crippen LogP contribution in [0.4, 0.5) is 4.79 Å². The second kappa shape index (κ2) is 8.72. The lowest BCUT2D eigenvalue weighted by Gasteiger charge is -2.14. The zero-order valence-electron chi connectivity index (χ0n) is 17.7. The van der Waals surface area contributed by atoms with Crippen LogP contribution < -0.4 is 5.32 Å². The number of benzene rings is 3. The molecule has 158 valence electrons. The number of hydrogen-bond acceptors (Lipinski definition) is 3. The zero-order chi connectivity index (χ0) is 21.9. The van der Waals surface area contributed by atoms with E-state index in [9.17, 15) is 9.59 Å². The molecular formula is C28H23NO3. The first-order chi connectivity index (χ1) is 15.7. The number of carbonyl (C=O) groups excluding carboxylic acids is 2. The molecular weight excluding hydrogens is 398 g/mol. The smallest absolute Gasteiger partial charge is 0.407 e. The van der Waals surface area contributed by atoms with Crippen LogP contribution in [-0.2, 0) is 22.4 Å². The van der Waals surface area contributed by atoms with Crippen LogP contribution in [0.5, 0.6) is 0 Å². The van der Waals surface area contributed by atoms with Gasteiger partial charge in [0.25, 0.3) is 0 Å². The molecule has 1 N–H and O–H groups in total. The standard InChI is InChI=1S/C28H23NO3/c30-22-14-13-20-16-19(11-12-21(20)17-22)6-5-15-29-28(31)32-18-27-25-9-3-1-7-23(25)24-8-2-4-10-26(24)27/h1-4,7-12,16,27H,13-15,17-18H2,(H,29,31). The molecule has 32 heavy (non-hydrogen) atoms.